The van der Waals surface area contributed by atoms with Crippen LogP contribution in [-0.4, -0.2) is 22.9 Å². The maximum atomic E-state index is 12.4. The summed E-state index contributed by atoms with van der Waals surface area (Å²) in [4.78, 5) is 17.3. The fourth-order valence-electron chi connectivity index (χ4n) is 5.21. The van der Waals surface area contributed by atoms with E-state index < -0.39 is 0 Å². The van der Waals surface area contributed by atoms with Crippen molar-refractivity contribution in [1.82, 2.24) is 10.3 Å². The largest absolute Gasteiger partial charge is 0.388 e. The minimum Gasteiger partial charge on any atom is -0.388 e. The van der Waals surface area contributed by atoms with Gasteiger partial charge in [0, 0.05) is 35.6 Å². The van der Waals surface area contributed by atoms with E-state index >= 15 is 0 Å². The minimum absolute atomic E-state index is 0.0537. The van der Waals surface area contributed by atoms with Crippen molar-refractivity contribution in [2.75, 3.05) is 5.32 Å². The molecule has 2 aliphatic carbocycles. The standard InChI is InChI=1S/C28H37N3O/c1-21-9-6-7-13-26(21)27(32)17-18-29-23-15-16-25(20-23)31-28-14-8-12-24(30-28)19-22-10-4-2-3-5-11-22/h6-9,12-14,17-18,22-23,25,29H,2-5,10-11,15-16,19-20H2,1H3,(H,30,31)/b18-17+. The molecule has 1 heterocycles. The lowest BCUT2D eigenvalue weighted by molar-refractivity contribution is 0.104. The van der Waals surface area contributed by atoms with Gasteiger partial charge < -0.3 is 10.6 Å². The molecule has 2 atom stereocenters. The molecule has 2 unspecified atom stereocenters. The van der Waals surface area contributed by atoms with Gasteiger partial charge in [-0.1, -0.05) is 68.9 Å². The Morgan fingerprint density at radius 3 is 2.56 bits per heavy atom. The van der Waals surface area contributed by atoms with Gasteiger partial charge in [0.2, 0.25) is 0 Å². The van der Waals surface area contributed by atoms with E-state index in [1.165, 1.54) is 44.2 Å². The van der Waals surface area contributed by atoms with Crippen molar-refractivity contribution >= 4 is 11.6 Å². The SMILES string of the molecule is Cc1ccccc1C(=O)/C=C/NC1CCC(Nc2cccc(CC3CCCCCC3)n2)C1. The Kier molecular flexibility index (Phi) is 7.97. The number of aromatic nitrogens is 1. The number of anilines is 1. The molecule has 0 bridgehead atoms. The van der Waals surface area contributed by atoms with E-state index in [1.807, 2.05) is 37.4 Å². The first-order valence-electron chi connectivity index (χ1n) is 12.4. The molecule has 0 amide bonds. The first-order chi connectivity index (χ1) is 15.7. The Balaban J connectivity index is 1.24. The second-order valence-electron chi connectivity index (χ2n) is 9.61. The van der Waals surface area contributed by atoms with E-state index in [0.717, 1.165) is 48.5 Å². The normalized spacial score (nSPS) is 22.0. The highest BCUT2D eigenvalue weighted by Crippen LogP contribution is 2.27. The summed E-state index contributed by atoms with van der Waals surface area (Å²) < 4.78 is 0. The van der Waals surface area contributed by atoms with Gasteiger partial charge in [-0.25, -0.2) is 4.98 Å². The monoisotopic (exact) mass is 431 g/mol. The number of rotatable bonds is 8. The lowest BCUT2D eigenvalue weighted by Gasteiger charge is -2.17. The van der Waals surface area contributed by atoms with Crippen molar-refractivity contribution in [2.24, 2.45) is 5.92 Å². The van der Waals surface area contributed by atoms with Crippen molar-refractivity contribution in [2.45, 2.75) is 83.2 Å². The van der Waals surface area contributed by atoms with Crippen LogP contribution in [0.2, 0.25) is 0 Å². The number of nitrogens with one attached hydrogen (secondary N) is 2. The second kappa shape index (κ2) is 11.3. The average Bonchev–Trinajstić information content (AvgIpc) is 3.07. The average molecular weight is 432 g/mol. The highest BCUT2D eigenvalue weighted by atomic mass is 16.1. The van der Waals surface area contributed by atoms with Gasteiger partial charge in [0.15, 0.2) is 5.78 Å². The van der Waals surface area contributed by atoms with Crippen LogP contribution in [-0.2, 0) is 6.42 Å². The summed E-state index contributed by atoms with van der Waals surface area (Å²) in [5.74, 6) is 1.86. The fourth-order valence-corrected chi connectivity index (χ4v) is 5.21. The molecule has 0 radical (unpaired) electrons. The number of hydrogen-bond donors (Lipinski definition) is 2. The number of allylic oxidation sites excluding steroid dienone is 1. The van der Waals surface area contributed by atoms with E-state index in [1.54, 1.807) is 6.08 Å². The van der Waals surface area contributed by atoms with Crippen molar-refractivity contribution in [3.8, 4) is 0 Å². The van der Waals surface area contributed by atoms with Crippen molar-refractivity contribution in [3.05, 3.63) is 71.6 Å². The molecule has 0 aliphatic heterocycles. The van der Waals surface area contributed by atoms with Gasteiger partial charge in [-0.3, -0.25) is 4.79 Å². The van der Waals surface area contributed by atoms with Crippen molar-refractivity contribution in [3.63, 3.8) is 0 Å². The molecule has 0 spiro atoms. The third-order valence-electron chi connectivity index (χ3n) is 7.04. The zero-order valence-corrected chi connectivity index (χ0v) is 19.4. The molecule has 2 fully saturated rings. The molecule has 4 nitrogen and oxygen atoms in total. The summed E-state index contributed by atoms with van der Waals surface area (Å²) in [6.07, 6.45) is 16.1. The highest BCUT2D eigenvalue weighted by molar-refractivity contribution is 6.05. The van der Waals surface area contributed by atoms with E-state index in [4.69, 9.17) is 4.98 Å². The van der Waals surface area contributed by atoms with Crippen LogP contribution >= 0.6 is 0 Å². The fraction of sp³-hybridized carbons (Fsp3) is 0.500. The van der Waals surface area contributed by atoms with Gasteiger partial charge in [-0.2, -0.15) is 0 Å². The predicted octanol–water partition coefficient (Wildman–Crippen LogP) is 6.22. The number of aryl methyl sites for hydroxylation is 1. The maximum absolute atomic E-state index is 12.4. The van der Waals surface area contributed by atoms with Gasteiger partial charge in [-0.15, -0.1) is 0 Å². The van der Waals surface area contributed by atoms with Crippen LogP contribution in [0.5, 0.6) is 0 Å². The van der Waals surface area contributed by atoms with Gasteiger partial charge >= 0.3 is 0 Å². The van der Waals surface area contributed by atoms with Gasteiger partial charge in [0.1, 0.15) is 5.82 Å². The van der Waals surface area contributed by atoms with Crippen LogP contribution in [0.4, 0.5) is 5.82 Å². The predicted molar refractivity (Wildman–Crippen MR) is 132 cm³/mol. The highest BCUT2D eigenvalue weighted by Gasteiger charge is 2.24. The van der Waals surface area contributed by atoms with Crippen LogP contribution in [0.25, 0.3) is 0 Å². The summed E-state index contributed by atoms with van der Waals surface area (Å²) in [6.45, 7) is 1.97. The number of carbonyl (C=O) groups is 1. The van der Waals surface area contributed by atoms with Crippen LogP contribution in [0.3, 0.4) is 0 Å². The number of carbonyl (C=O) groups excluding carboxylic acids is 1. The number of hydrogen-bond acceptors (Lipinski definition) is 4. The summed E-state index contributed by atoms with van der Waals surface area (Å²) >= 11 is 0. The molecule has 2 aliphatic rings. The molecule has 170 valence electrons. The quantitative estimate of drug-likeness (QED) is 0.296. The van der Waals surface area contributed by atoms with Gasteiger partial charge in [-0.05, 0) is 56.2 Å². The first-order valence-corrected chi connectivity index (χ1v) is 12.4. The third kappa shape index (κ3) is 6.44. The van der Waals surface area contributed by atoms with Crippen molar-refractivity contribution < 1.29 is 4.79 Å². The Hall–Kier alpha value is -2.62. The minimum atomic E-state index is 0.0537. The lowest BCUT2D eigenvalue weighted by Crippen LogP contribution is -2.24. The summed E-state index contributed by atoms with van der Waals surface area (Å²) in [6, 6.07) is 15.0. The summed E-state index contributed by atoms with van der Waals surface area (Å²) in [5.41, 5.74) is 3.01. The first kappa shape index (κ1) is 22.6. The Morgan fingerprint density at radius 1 is 0.969 bits per heavy atom. The zero-order chi connectivity index (χ0) is 22.2. The van der Waals surface area contributed by atoms with Crippen LogP contribution in [0.15, 0.2) is 54.7 Å². The molecular weight excluding hydrogens is 394 g/mol. The van der Waals surface area contributed by atoms with Crippen LogP contribution in [0.1, 0.15) is 79.4 Å². The number of pyridine rings is 1. The second-order valence-corrected chi connectivity index (χ2v) is 9.61. The molecule has 2 aromatic rings. The van der Waals surface area contributed by atoms with E-state index in [2.05, 4.69) is 28.8 Å². The molecule has 0 saturated heterocycles. The van der Waals surface area contributed by atoms with E-state index in [-0.39, 0.29) is 5.78 Å². The number of ketones is 1. The summed E-state index contributed by atoms with van der Waals surface area (Å²) in [5, 5.41) is 7.08. The number of benzene rings is 1. The number of nitrogens with zero attached hydrogens (tertiary/aromatic N) is 1. The zero-order valence-electron chi connectivity index (χ0n) is 19.4. The maximum Gasteiger partial charge on any atom is 0.187 e. The Morgan fingerprint density at radius 2 is 1.75 bits per heavy atom. The smallest absolute Gasteiger partial charge is 0.187 e. The van der Waals surface area contributed by atoms with E-state index in [0.29, 0.717) is 12.1 Å². The van der Waals surface area contributed by atoms with Gasteiger partial charge in [0.05, 0.1) is 0 Å². The van der Waals surface area contributed by atoms with Crippen LogP contribution < -0.4 is 10.6 Å². The molecular formula is C28H37N3O. The van der Waals surface area contributed by atoms with E-state index in [9.17, 15) is 4.79 Å². The molecule has 1 aromatic carbocycles. The van der Waals surface area contributed by atoms with Gasteiger partial charge in [0.25, 0.3) is 0 Å². The molecule has 1 aromatic heterocycles. The molecule has 4 rings (SSSR count). The summed E-state index contributed by atoms with van der Waals surface area (Å²) in [7, 11) is 0. The van der Waals surface area contributed by atoms with Crippen molar-refractivity contribution in [1.29, 1.82) is 0 Å². The molecule has 2 N–H and O–H groups in total. The molecule has 32 heavy (non-hydrogen) atoms. The van der Waals surface area contributed by atoms with Crippen LogP contribution in [0, 0.1) is 12.8 Å². The third-order valence-corrected chi connectivity index (χ3v) is 7.04. The topological polar surface area (TPSA) is 54.0 Å². The molecule has 2 saturated carbocycles. The Labute approximate surface area is 192 Å². The lowest BCUT2D eigenvalue weighted by atomic mass is 9.95. The molecule has 4 heteroatoms. The Bertz CT molecular complexity index is 914.